The second-order valence-electron chi connectivity index (χ2n) is 4.08. The third-order valence-corrected chi connectivity index (χ3v) is 2.64. The van der Waals surface area contributed by atoms with E-state index in [2.05, 4.69) is 35.3 Å². The molecule has 0 amide bonds. The zero-order valence-corrected chi connectivity index (χ0v) is 8.62. The molecule has 1 aromatic heterocycles. The molecule has 0 saturated heterocycles. The van der Waals surface area contributed by atoms with Gasteiger partial charge in [-0.1, -0.05) is 13.8 Å². The summed E-state index contributed by atoms with van der Waals surface area (Å²) in [5, 5.41) is 0. The summed E-state index contributed by atoms with van der Waals surface area (Å²) in [4.78, 5) is 6.78. The summed E-state index contributed by atoms with van der Waals surface area (Å²) in [5.41, 5.74) is 1.24. The van der Waals surface area contributed by atoms with Crippen molar-refractivity contribution in [2.75, 3.05) is 18.5 Å². The zero-order chi connectivity index (χ0) is 9.42. The number of rotatable bonds is 1. The summed E-state index contributed by atoms with van der Waals surface area (Å²) < 4.78 is 2.26. The maximum atomic E-state index is 4.47. The van der Waals surface area contributed by atoms with E-state index in [4.69, 9.17) is 0 Å². The van der Waals surface area contributed by atoms with Crippen molar-refractivity contribution in [3.8, 4) is 0 Å². The van der Waals surface area contributed by atoms with Gasteiger partial charge in [-0.05, 0) is 12.3 Å². The van der Waals surface area contributed by atoms with Crippen LogP contribution in [-0.2, 0) is 6.54 Å². The fourth-order valence-electron chi connectivity index (χ4n) is 1.96. The molecule has 1 aliphatic heterocycles. The first-order chi connectivity index (χ1) is 6.20. The number of anilines is 1. The molecule has 1 aliphatic rings. The molecule has 0 bridgehead atoms. The van der Waals surface area contributed by atoms with Crippen LogP contribution in [0.2, 0.25) is 0 Å². The minimum atomic E-state index is 0.525. The van der Waals surface area contributed by atoms with Crippen LogP contribution in [0.3, 0.4) is 0 Å². The predicted octanol–water partition coefficient (Wildman–Crippen LogP) is 1.85. The Labute approximate surface area is 79.4 Å². The summed E-state index contributed by atoms with van der Waals surface area (Å²) >= 11 is 0. The van der Waals surface area contributed by atoms with Gasteiger partial charge < -0.3 is 9.47 Å². The van der Waals surface area contributed by atoms with Crippen molar-refractivity contribution >= 4 is 5.82 Å². The maximum Gasteiger partial charge on any atom is 0.131 e. The van der Waals surface area contributed by atoms with Crippen LogP contribution >= 0.6 is 0 Å². The molecule has 2 rings (SSSR count). The maximum absolute atomic E-state index is 4.47. The second kappa shape index (κ2) is 3.05. The van der Waals surface area contributed by atoms with Crippen molar-refractivity contribution in [1.82, 2.24) is 9.55 Å². The van der Waals surface area contributed by atoms with Crippen LogP contribution in [0.4, 0.5) is 5.82 Å². The third-order valence-electron chi connectivity index (χ3n) is 2.64. The Kier molecular flexibility index (Phi) is 2.02. The summed E-state index contributed by atoms with van der Waals surface area (Å²) in [5.74, 6) is 1.85. The van der Waals surface area contributed by atoms with Crippen LogP contribution in [0.1, 0.15) is 31.9 Å². The van der Waals surface area contributed by atoms with Crippen LogP contribution < -0.4 is 4.90 Å². The normalized spacial score (nSPS) is 16.5. The molecular formula is C10H17N3. The molecule has 0 unspecified atom stereocenters. The number of fused-ring (bicyclic) bond motifs is 1. The lowest BCUT2D eigenvalue weighted by molar-refractivity contribution is 0.581. The molecule has 0 radical (unpaired) electrons. The smallest absolute Gasteiger partial charge is 0.131 e. The summed E-state index contributed by atoms with van der Waals surface area (Å²) in [6, 6.07) is 0. The van der Waals surface area contributed by atoms with Gasteiger partial charge in [0.15, 0.2) is 0 Å². The van der Waals surface area contributed by atoms with E-state index in [0.717, 1.165) is 13.1 Å². The quantitative estimate of drug-likeness (QED) is 0.656. The Morgan fingerprint density at radius 1 is 1.38 bits per heavy atom. The van der Waals surface area contributed by atoms with Crippen LogP contribution in [0.25, 0.3) is 0 Å². The minimum Gasteiger partial charge on any atom is -0.359 e. The summed E-state index contributed by atoms with van der Waals surface area (Å²) in [7, 11) is 2.15. The summed E-state index contributed by atoms with van der Waals surface area (Å²) in [6.45, 7) is 6.68. The van der Waals surface area contributed by atoms with E-state index in [-0.39, 0.29) is 0 Å². The molecule has 0 atom stereocenters. The van der Waals surface area contributed by atoms with Crippen molar-refractivity contribution in [2.24, 2.45) is 0 Å². The number of imidazole rings is 1. The molecule has 0 aromatic carbocycles. The average molecular weight is 179 g/mol. The molecule has 72 valence electrons. The van der Waals surface area contributed by atoms with Gasteiger partial charge in [0.25, 0.3) is 0 Å². The Bertz CT molecular complexity index is 301. The number of hydrogen-bond donors (Lipinski definition) is 0. The SMILES string of the molecule is CC(C)c1ncn2c1N(C)CCC2. The van der Waals surface area contributed by atoms with Gasteiger partial charge in [0.1, 0.15) is 5.82 Å². The topological polar surface area (TPSA) is 21.1 Å². The second-order valence-corrected chi connectivity index (χ2v) is 4.08. The van der Waals surface area contributed by atoms with E-state index < -0.39 is 0 Å². The molecule has 0 fully saturated rings. The van der Waals surface area contributed by atoms with Gasteiger partial charge in [-0.25, -0.2) is 4.98 Å². The highest BCUT2D eigenvalue weighted by molar-refractivity contribution is 5.46. The van der Waals surface area contributed by atoms with Gasteiger partial charge in [-0.3, -0.25) is 0 Å². The number of nitrogens with zero attached hydrogens (tertiary/aromatic N) is 3. The van der Waals surface area contributed by atoms with Crippen LogP contribution in [0.15, 0.2) is 6.33 Å². The van der Waals surface area contributed by atoms with E-state index in [1.54, 1.807) is 0 Å². The molecule has 0 aliphatic carbocycles. The Morgan fingerprint density at radius 2 is 2.15 bits per heavy atom. The molecular weight excluding hydrogens is 162 g/mol. The van der Waals surface area contributed by atoms with Crippen molar-refractivity contribution in [2.45, 2.75) is 32.7 Å². The number of aromatic nitrogens is 2. The van der Waals surface area contributed by atoms with Crippen molar-refractivity contribution < 1.29 is 0 Å². The highest BCUT2D eigenvalue weighted by Gasteiger charge is 2.20. The number of aryl methyl sites for hydroxylation is 1. The van der Waals surface area contributed by atoms with Gasteiger partial charge in [0, 0.05) is 20.1 Å². The fraction of sp³-hybridized carbons (Fsp3) is 0.700. The average Bonchev–Trinajstić information content (AvgIpc) is 2.49. The molecule has 0 N–H and O–H groups in total. The highest BCUT2D eigenvalue weighted by Crippen LogP contribution is 2.28. The van der Waals surface area contributed by atoms with Gasteiger partial charge >= 0.3 is 0 Å². The van der Waals surface area contributed by atoms with Gasteiger partial charge in [-0.2, -0.15) is 0 Å². The molecule has 13 heavy (non-hydrogen) atoms. The van der Waals surface area contributed by atoms with E-state index in [1.165, 1.54) is 17.9 Å². The largest absolute Gasteiger partial charge is 0.359 e. The van der Waals surface area contributed by atoms with Crippen LogP contribution in [0, 0.1) is 0 Å². The van der Waals surface area contributed by atoms with E-state index in [9.17, 15) is 0 Å². The fourth-order valence-corrected chi connectivity index (χ4v) is 1.96. The zero-order valence-electron chi connectivity index (χ0n) is 8.62. The van der Waals surface area contributed by atoms with E-state index in [0.29, 0.717) is 5.92 Å². The Balaban J connectivity index is 2.44. The lowest BCUT2D eigenvalue weighted by Gasteiger charge is -2.27. The van der Waals surface area contributed by atoms with Crippen LogP contribution in [-0.4, -0.2) is 23.1 Å². The molecule has 0 spiro atoms. The summed E-state index contributed by atoms with van der Waals surface area (Å²) in [6.07, 6.45) is 3.21. The van der Waals surface area contributed by atoms with Crippen molar-refractivity contribution in [3.05, 3.63) is 12.0 Å². The Hall–Kier alpha value is -0.990. The van der Waals surface area contributed by atoms with E-state index in [1.807, 2.05) is 6.33 Å². The first-order valence-corrected chi connectivity index (χ1v) is 4.96. The third kappa shape index (κ3) is 1.32. The van der Waals surface area contributed by atoms with Crippen molar-refractivity contribution in [1.29, 1.82) is 0 Å². The van der Waals surface area contributed by atoms with E-state index >= 15 is 0 Å². The van der Waals surface area contributed by atoms with Gasteiger partial charge in [0.2, 0.25) is 0 Å². The molecule has 3 heteroatoms. The highest BCUT2D eigenvalue weighted by atomic mass is 15.3. The number of hydrogen-bond acceptors (Lipinski definition) is 2. The van der Waals surface area contributed by atoms with Gasteiger partial charge in [0.05, 0.1) is 12.0 Å². The molecule has 2 heterocycles. The van der Waals surface area contributed by atoms with Gasteiger partial charge in [-0.15, -0.1) is 0 Å². The molecule has 1 aromatic rings. The van der Waals surface area contributed by atoms with Crippen molar-refractivity contribution in [3.63, 3.8) is 0 Å². The minimum absolute atomic E-state index is 0.525. The standard InChI is InChI=1S/C10H17N3/c1-8(2)9-10-12(3)5-4-6-13(10)7-11-9/h7-8H,4-6H2,1-3H3. The monoisotopic (exact) mass is 179 g/mol. The first-order valence-electron chi connectivity index (χ1n) is 4.96. The first kappa shape index (κ1) is 8.60. The predicted molar refractivity (Wildman–Crippen MR) is 54.2 cm³/mol. The Morgan fingerprint density at radius 3 is 2.85 bits per heavy atom. The van der Waals surface area contributed by atoms with Crippen LogP contribution in [0.5, 0.6) is 0 Å². The molecule has 0 saturated carbocycles. The lowest BCUT2D eigenvalue weighted by Crippen LogP contribution is -2.28. The molecule has 3 nitrogen and oxygen atoms in total. The lowest BCUT2D eigenvalue weighted by atomic mass is 10.1.